The lowest BCUT2D eigenvalue weighted by molar-refractivity contribution is 0.266. The number of nitrogens with two attached hydrogens (primary N) is 1. The first kappa shape index (κ1) is 14.9. The molecule has 0 spiro atoms. The average Bonchev–Trinajstić information content (AvgIpc) is 2.27. The maximum Gasteiger partial charge on any atom is 0.128 e. The lowest BCUT2D eigenvalue weighted by atomic mass is 9.84. The van der Waals surface area contributed by atoms with Gasteiger partial charge in [-0.2, -0.15) is 0 Å². The van der Waals surface area contributed by atoms with Crippen LogP contribution in [-0.2, 0) is 6.42 Å². The van der Waals surface area contributed by atoms with Crippen molar-refractivity contribution in [2.24, 2.45) is 11.3 Å². The highest BCUT2D eigenvalue weighted by Crippen LogP contribution is 2.27. The number of pyridine rings is 1. The molecule has 1 heterocycles. The van der Waals surface area contributed by atoms with Crippen LogP contribution in [0, 0.1) is 19.3 Å². The third-order valence-electron chi connectivity index (χ3n) is 3.39. The van der Waals surface area contributed by atoms with Gasteiger partial charge in [-0.15, -0.1) is 0 Å². The molecule has 0 aliphatic rings. The van der Waals surface area contributed by atoms with E-state index in [4.69, 9.17) is 10.6 Å². The molecule has 1 atom stereocenters. The van der Waals surface area contributed by atoms with Crippen LogP contribution in [0.15, 0.2) is 6.20 Å². The van der Waals surface area contributed by atoms with Crippen molar-refractivity contribution in [3.63, 3.8) is 0 Å². The van der Waals surface area contributed by atoms with Crippen molar-refractivity contribution in [1.29, 1.82) is 0 Å². The Hall–Kier alpha value is -1.13. The molecule has 0 radical (unpaired) electrons. The summed E-state index contributed by atoms with van der Waals surface area (Å²) in [6, 6.07) is 0.177. The molecule has 1 rings (SSSR count). The number of methoxy groups -OCH3 is 1. The Bertz CT molecular complexity index is 410. The molecular weight excluding hydrogens is 226 g/mol. The minimum Gasteiger partial charge on any atom is -0.496 e. The fourth-order valence-corrected chi connectivity index (χ4v) is 2.09. The first-order chi connectivity index (χ1) is 8.31. The summed E-state index contributed by atoms with van der Waals surface area (Å²) in [6.07, 6.45) is 2.65. The highest BCUT2D eigenvalue weighted by Gasteiger charge is 2.25. The maximum absolute atomic E-state index is 5.65. The molecule has 1 unspecified atom stereocenters. The van der Waals surface area contributed by atoms with Crippen LogP contribution in [0.2, 0.25) is 0 Å². The normalized spacial score (nSPS) is 13.5. The van der Waals surface area contributed by atoms with E-state index in [0.717, 1.165) is 29.0 Å². The molecule has 0 fully saturated rings. The number of aromatic nitrogens is 1. The summed E-state index contributed by atoms with van der Waals surface area (Å²) < 4.78 is 5.43. The van der Waals surface area contributed by atoms with Crippen molar-refractivity contribution < 1.29 is 4.74 Å². The average molecular weight is 251 g/mol. The second-order valence-corrected chi connectivity index (χ2v) is 5.84. The highest BCUT2D eigenvalue weighted by molar-refractivity contribution is 5.41. The number of hydrazine groups is 1. The summed E-state index contributed by atoms with van der Waals surface area (Å²) in [4.78, 5) is 4.51. The van der Waals surface area contributed by atoms with Gasteiger partial charge in [-0.1, -0.05) is 20.8 Å². The van der Waals surface area contributed by atoms with Gasteiger partial charge in [0.15, 0.2) is 0 Å². The molecule has 102 valence electrons. The molecule has 1 aromatic heterocycles. The van der Waals surface area contributed by atoms with Crippen LogP contribution in [0.1, 0.15) is 37.6 Å². The van der Waals surface area contributed by atoms with Crippen molar-refractivity contribution >= 4 is 0 Å². The number of aryl methyl sites for hydroxylation is 1. The fourth-order valence-electron chi connectivity index (χ4n) is 2.09. The SMILES string of the molecule is COc1c(C)cnc(CC(NN)C(C)(C)C)c1C. The van der Waals surface area contributed by atoms with Crippen LogP contribution in [0.25, 0.3) is 0 Å². The lowest BCUT2D eigenvalue weighted by Crippen LogP contribution is -2.46. The number of hydrogen-bond acceptors (Lipinski definition) is 4. The van der Waals surface area contributed by atoms with Crippen LogP contribution in [-0.4, -0.2) is 18.1 Å². The maximum atomic E-state index is 5.65. The minimum atomic E-state index is 0.0843. The topological polar surface area (TPSA) is 60.2 Å². The summed E-state index contributed by atoms with van der Waals surface area (Å²) in [6.45, 7) is 10.5. The Kier molecular flexibility index (Phi) is 4.71. The molecule has 3 N–H and O–H groups in total. The van der Waals surface area contributed by atoms with E-state index >= 15 is 0 Å². The van der Waals surface area contributed by atoms with Crippen LogP contribution >= 0.6 is 0 Å². The third kappa shape index (κ3) is 3.21. The Morgan fingerprint density at radius 3 is 2.44 bits per heavy atom. The van der Waals surface area contributed by atoms with Gasteiger partial charge in [-0.05, 0) is 19.3 Å². The predicted molar refractivity (Wildman–Crippen MR) is 74.5 cm³/mol. The van der Waals surface area contributed by atoms with E-state index in [1.165, 1.54) is 0 Å². The number of hydrogen-bond donors (Lipinski definition) is 2. The van der Waals surface area contributed by atoms with Gasteiger partial charge in [0.2, 0.25) is 0 Å². The van der Waals surface area contributed by atoms with Crippen molar-refractivity contribution in [2.45, 2.75) is 47.1 Å². The van der Waals surface area contributed by atoms with Gasteiger partial charge in [-0.25, -0.2) is 0 Å². The molecule has 0 aliphatic carbocycles. The molecule has 0 aliphatic heterocycles. The zero-order valence-corrected chi connectivity index (χ0v) is 12.3. The van der Waals surface area contributed by atoms with E-state index < -0.39 is 0 Å². The second-order valence-electron chi connectivity index (χ2n) is 5.84. The highest BCUT2D eigenvalue weighted by atomic mass is 16.5. The summed E-state index contributed by atoms with van der Waals surface area (Å²) >= 11 is 0. The zero-order valence-electron chi connectivity index (χ0n) is 12.3. The van der Waals surface area contributed by atoms with Gasteiger partial charge in [0.05, 0.1) is 7.11 Å². The van der Waals surface area contributed by atoms with E-state index in [9.17, 15) is 0 Å². The van der Waals surface area contributed by atoms with Gasteiger partial charge in [0.1, 0.15) is 5.75 Å². The van der Waals surface area contributed by atoms with Crippen LogP contribution in [0.5, 0.6) is 5.75 Å². The fraction of sp³-hybridized carbons (Fsp3) is 0.643. The van der Waals surface area contributed by atoms with E-state index in [1.54, 1.807) is 7.11 Å². The Morgan fingerprint density at radius 1 is 1.39 bits per heavy atom. The van der Waals surface area contributed by atoms with Gasteiger partial charge in [-0.3, -0.25) is 16.3 Å². The van der Waals surface area contributed by atoms with E-state index in [2.05, 4.69) is 31.2 Å². The Labute approximate surface area is 110 Å². The van der Waals surface area contributed by atoms with E-state index in [0.29, 0.717) is 0 Å². The molecule has 0 saturated carbocycles. The molecule has 0 saturated heterocycles. The smallest absolute Gasteiger partial charge is 0.128 e. The van der Waals surface area contributed by atoms with Crippen LogP contribution in [0.4, 0.5) is 0 Å². The van der Waals surface area contributed by atoms with Crippen LogP contribution < -0.4 is 16.0 Å². The quantitative estimate of drug-likeness (QED) is 0.635. The third-order valence-corrected chi connectivity index (χ3v) is 3.39. The van der Waals surface area contributed by atoms with Crippen molar-refractivity contribution in [2.75, 3.05) is 7.11 Å². The largest absolute Gasteiger partial charge is 0.496 e. The molecule has 0 aromatic carbocycles. The predicted octanol–water partition coefficient (Wildman–Crippen LogP) is 2.13. The van der Waals surface area contributed by atoms with Gasteiger partial charge in [0, 0.05) is 35.5 Å². The van der Waals surface area contributed by atoms with Crippen molar-refractivity contribution in [3.8, 4) is 5.75 Å². The minimum absolute atomic E-state index is 0.0843. The first-order valence-electron chi connectivity index (χ1n) is 6.26. The van der Waals surface area contributed by atoms with E-state index in [-0.39, 0.29) is 11.5 Å². The molecule has 1 aromatic rings. The molecule has 0 bridgehead atoms. The number of nitrogens with zero attached hydrogens (tertiary/aromatic N) is 1. The van der Waals surface area contributed by atoms with Gasteiger partial charge >= 0.3 is 0 Å². The summed E-state index contributed by atoms with van der Waals surface area (Å²) in [5.74, 6) is 6.57. The molecule has 4 heteroatoms. The lowest BCUT2D eigenvalue weighted by Gasteiger charge is -2.30. The standard InChI is InChI=1S/C14H25N3O/c1-9-8-16-11(10(2)13(9)18-6)7-12(17-15)14(3,4)5/h8,12,17H,7,15H2,1-6H3. The summed E-state index contributed by atoms with van der Waals surface area (Å²) in [7, 11) is 1.70. The molecule has 0 amide bonds. The molecule has 4 nitrogen and oxygen atoms in total. The molecular formula is C14H25N3O. The first-order valence-corrected chi connectivity index (χ1v) is 6.26. The number of nitrogens with one attached hydrogen (secondary N) is 1. The van der Waals surface area contributed by atoms with Crippen LogP contribution in [0.3, 0.4) is 0 Å². The second kappa shape index (κ2) is 5.67. The van der Waals surface area contributed by atoms with Gasteiger partial charge in [0.25, 0.3) is 0 Å². The monoisotopic (exact) mass is 251 g/mol. The number of ether oxygens (including phenoxy) is 1. The van der Waals surface area contributed by atoms with Crippen molar-refractivity contribution in [3.05, 3.63) is 23.0 Å². The number of rotatable bonds is 4. The summed E-state index contributed by atoms with van der Waals surface area (Å²) in [5.41, 5.74) is 6.17. The summed E-state index contributed by atoms with van der Waals surface area (Å²) in [5, 5.41) is 0. The van der Waals surface area contributed by atoms with Gasteiger partial charge < -0.3 is 4.74 Å². The zero-order chi connectivity index (χ0) is 13.9. The van der Waals surface area contributed by atoms with E-state index in [1.807, 2.05) is 20.0 Å². The molecule has 18 heavy (non-hydrogen) atoms. The Morgan fingerprint density at radius 2 is 2.00 bits per heavy atom. The van der Waals surface area contributed by atoms with Crippen molar-refractivity contribution in [1.82, 2.24) is 10.4 Å². The Balaban J connectivity index is 3.05.